The first-order valence-electron chi connectivity index (χ1n) is 5.30. The van der Waals surface area contributed by atoms with Gasteiger partial charge in [-0.25, -0.2) is 0 Å². The summed E-state index contributed by atoms with van der Waals surface area (Å²) in [6.07, 6.45) is 0.757. The normalized spacial score (nSPS) is 10.8. The quantitative estimate of drug-likeness (QED) is 0.509. The van der Waals surface area contributed by atoms with Gasteiger partial charge in [-0.3, -0.25) is 9.59 Å². The standard InChI is InChI=1S/C14H9NO2/c16-8-9-4-3-6-11-13(9)15-12-7-2-1-5-10(12)14(11)17/h1-8H,(H,15,17). The van der Waals surface area contributed by atoms with Crippen molar-refractivity contribution in [3.63, 3.8) is 0 Å². The Hall–Kier alpha value is -2.42. The van der Waals surface area contributed by atoms with Gasteiger partial charge in [-0.15, -0.1) is 0 Å². The van der Waals surface area contributed by atoms with Crippen molar-refractivity contribution in [2.24, 2.45) is 0 Å². The third kappa shape index (κ3) is 1.36. The number of para-hydroxylation sites is 2. The van der Waals surface area contributed by atoms with Gasteiger partial charge in [0.25, 0.3) is 0 Å². The largest absolute Gasteiger partial charge is 0.354 e. The van der Waals surface area contributed by atoms with Crippen molar-refractivity contribution < 1.29 is 4.79 Å². The van der Waals surface area contributed by atoms with Gasteiger partial charge in [0.15, 0.2) is 11.7 Å². The smallest absolute Gasteiger partial charge is 0.197 e. The number of hydrogen-bond donors (Lipinski definition) is 1. The van der Waals surface area contributed by atoms with Crippen LogP contribution in [0.4, 0.5) is 0 Å². The van der Waals surface area contributed by atoms with Crippen LogP contribution in [-0.4, -0.2) is 11.3 Å². The Balaban J connectivity index is 2.64. The number of benzene rings is 2. The minimum Gasteiger partial charge on any atom is -0.354 e. The number of aromatic amines is 1. The van der Waals surface area contributed by atoms with Gasteiger partial charge in [0.1, 0.15) is 0 Å². The molecule has 0 aliphatic carbocycles. The zero-order valence-electron chi connectivity index (χ0n) is 8.94. The first-order chi connectivity index (χ1) is 8.31. The Morgan fingerprint density at radius 3 is 2.53 bits per heavy atom. The van der Waals surface area contributed by atoms with Crippen LogP contribution in [0.15, 0.2) is 47.3 Å². The van der Waals surface area contributed by atoms with Crippen LogP contribution in [0.2, 0.25) is 0 Å². The summed E-state index contributed by atoms with van der Waals surface area (Å²) in [5, 5.41) is 1.19. The van der Waals surface area contributed by atoms with E-state index in [1.807, 2.05) is 18.2 Å². The molecule has 2 aromatic carbocycles. The Labute approximate surface area is 96.7 Å². The predicted octanol–water partition coefficient (Wildman–Crippen LogP) is 2.49. The van der Waals surface area contributed by atoms with Gasteiger partial charge in [-0.05, 0) is 24.3 Å². The molecule has 1 aromatic heterocycles. The third-order valence-corrected chi connectivity index (χ3v) is 2.90. The van der Waals surface area contributed by atoms with E-state index in [1.54, 1.807) is 24.3 Å². The molecule has 0 bridgehead atoms. The monoisotopic (exact) mass is 223 g/mol. The van der Waals surface area contributed by atoms with Crippen LogP contribution in [0.3, 0.4) is 0 Å². The molecule has 0 fully saturated rings. The lowest BCUT2D eigenvalue weighted by atomic mass is 10.1. The van der Waals surface area contributed by atoms with E-state index in [0.29, 0.717) is 21.9 Å². The number of carbonyl (C=O) groups is 1. The molecule has 3 heteroatoms. The van der Waals surface area contributed by atoms with Crippen molar-refractivity contribution in [2.45, 2.75) is 0 Å². The first-order valence-corrected chi connectivity index (χ1v) is 5.30. The molecule has 17 heavy (non-hydrogen) atoms. The van der Waals surface area contributed by atoms with Crippen molar-refractivity contribution in [2.75, 3.05) is 0 Å². The van der Waals surface area contributed by atoms with Gasteiger partial charge in [-0.1, -0.05) is 18.2 Å². The highest BCUT2D eigenvalue weighted by atomic mass is 16.1. The Morgan fingerprint density at radius 1 is 0.941 bits per heavy atom. The average Bonchev–Trinajstić information content (AvgIpc) is 2.38. The van der Waals surface area contributed by atoms with Crippen LogP contribution < -0.4 is 5.43 Å². The second kappa shape index (κ2) is 3.56. The Morgan fingerprint density at radius 2 is 1.71 bits per heavy atom. The van der Waals surface area contributed by atoms with E-state index in [9.17, 15) is 9.59 Å². The minimum absolute atomic E-state index is 0.0435. The fourth-order valence-electron chi connectivity index (χ4n) is 2.07. The number of H-pyrrole nitrogens is 1. The second-order valence-electron chi connectivity index (χ2n) is 3.89. The van der Waals surface area contributed by atoms with E-state index in [2.05, 4.69) is 4.98 Å². The van der Waals surface area contributed by atoms with Gasteiger partial charge in [0.05, 0.1) is 5.52 Å². The number of rotatable bonds is 1. The summed E-state index contributed by atoms with van der Waals surface area (Å²) in [6.45, 7) is 0. The lowest BCUT2D eigenvalue weighted by Crippen LogP contribution is -2.05. The molecule has 0 saturated carbocycles. The van der Waals surface area contributed by atoms with Crippen LogP contribution in [-0.2, 0) is 0 Å². The fourth-order valence-corrected chi connectivity index (χ4v) is 2.07. The zero-order valence-corrected chi connectivity index (χ0v) is 8.94. The van der Waals surface area contributed by atoms with E-state index in [1.165, 1.54) is 0 Å². The van der Waals surface area contributed by atoms with E-state index in [-0.39, 0.29) is 5.43 Å². The predicted molar refractivity (Wildman–Crippen MR) is 67.5 cm³/mol. The molecule has 82 valence electrons. The molecule has 3 aromatic rings. The highest BCUT2D eigenvalue weighted by Gasteiger charge is 2.07. The highest BCUT2D eigenvalue weighted by molar-refractivity contribution is 6.00. The molecular weight excluding hydrogens is 214 g/mol. The average molecular weight is 223 g/mol. The van der Waals surface area contributed by atoms with Crippen LogP contribution >= 0.6 is 0 Å². The van der Waals surface area contributed by atoms with Crippen LogP contribution in [0.1, 0.15) is 10.4 Å². The number of nitrogens with one attached hydrogen (secondary N) is 1. The lowest BCUT2D eigenvalue weighted by molar-refractivity contribution is 0.112. The molecule has 0 aliphatic heterocycles. The number of fused-ring (bicyclic) bond motifs is 2. The van der Waals surface area contributed by atoms with E-state index >= 15 is 0 Å². The summed E-state index contributed by atoms with van der Waals surface area (Å²) in [7, 11) is 0. The SMILES string of the molecule is O=Cc1cccc2c(=O)c3ccccc3[nH]c12. The van der Waals surface area contributed by atoms with Crippen LogP contribution in [0.5, 0.6) is 0 Å². The molecule has 0 unspecified atom stereocenters. The topological polar surface area (TPSA) is 49.9 Å². The van der Waals surface area contributed by atoms with E-state index < -0.39 is 0 Å². The van der Waals surface area contributed by atoms with E-state index in [4.69, 9.17) is 0 Å². The van der Waals surface area contributed by atoms with Gasteiger partial charge < -0.3 is 4.98 Å². The lowest BCUT2D eigenvalue weighted by Gasteiger charge is -2.03. The first kappa shape index (κ1) is 9.78. The fraction of sp³-hybridized carbons (Fsp3) is 0. The number of pyridine rings is 1. The summed E-state index contributed by atoms with van der Waals surface area (Å²) in [6, 6.07) is 12.4. The molecule has 0 aliphatic rings. The van der Waals surface area contributed by atoms with Gasteiger partial charge in [-0.2, -0.15) is 0 Å². The third-order valence-electron chi connectivity index (χ3n) is 2.90. The second-order valence-corrected chi connectivity index (χ2v) is 3.89. The molecule has 0 spiro atoms. The maximum absolute atomic E-state index is 12.2. The maximum atomic E-state index is 12.2. The van der Waals surface area contributed by atoms with Crippen molar-refractivity contribution in [1.82, 2.24) is 4.98 Å². The molecule has 1 N–H and O–H groups in total. The molecule has 0 amide bonds. The number of aldehydes is 1. The van der Waals surface area contributed by atoms with Crippen LogP contribution in [0, 0.1) is 0 Å². The van der Waals surface area contributed by atoms with Crippen molar-refractivity contribution >= 4 is 28.1 Å². The highest BCUT2D eigenvalue weighted by Crippen LogP contribution is 2.16. The molecule has 0 radical (unpaired) electrons. The summed E-state index contributed by atoms with van der Waals surface area (Å²) in [5.41, 5.74) is 1.81. The molecular formula is C14H9NO2. The van der Waals surface area contributed by atoms with Crippen molar-refractivity contribution in [1.29, 1.82) is 0 Å². The summed E-state index contributed by atoms with van der Waals surface area (Å²) in [5.74, 6) is 0. The van der Waals surface area contributed by atoms with Crippen molar-refractivity contribution in [3.05, 3.63) is 58.3 Å². The van der Waals surface area contributed by atoms with Crippen molar-refractivity contribution in [3.8, 4) is 0 Å². The summed E-state index contributed by atoms with van der Waals surface area (Å²) in [4.78, 5) is 26.3. The number of aromatic nitrogens is 1. The van der Waals surface area contributed by atoms with Crippen LogP contribution in [0.25, 0.3) is 21.8 Å². The zero-order chi connectivity index (χ0) is 11.8. The van der Waals surface area contributed by atoms with Gasteiger partial charge >= 0.3 is 0 Å². The van der Waals surface area contributed by atoms with Gasteiger partial charge in [0, 0.05) is 21.9 Å². The molecule has 1 heterocycles. The number of carbonyl (C=O) groups excluding carboxylic acids is 1. The molecule has 3 nitrogen and oxygen atoms in total. The molecule has 3 rings (SSSR count). The molecule has 0 atom stereocenters. The summed E-state index contributed by atoms with van der Waals surface area (Å²) < 4.78 is 0. The summed E-state index contributed by atoms with van der Waals surface area (Å²) >= 11 is 0. The minimum atomic E-state index is -0.0435. The maximum Gasteiger partial charge on any atom is 0.197 e. The Kier molecular flexibility index (Phi) is 2.05. The Bertz CT molecular complexity index is 787. The molecule has 0 saturated heterocycles. The van der Waals surface area contributed by atoms with Gasteiger partial charge in [0.2, 0.25) is 0 Å². The van der Waals surface area contributed by atoms with E-state index in [0.717, 1.165) is 11.8 Å². The number of hydrogen-bond acceptors (Lipinski definition) is 2.